The molecule has 0 saturated carbocycles. The molecule has 31 heavy (non-hydrogen) atoms. The highest BCUT2D eigenvalue weighted by atomic mass is 16.5. The van der Waals surface area contributed by atoms with Crippen LogP contribution in [0.5, 0.6) is 11.5 Å². The summed E-state index contributed by atoms with van der Waals surface area (Å²) in [5.41, 5.74) is 4.14. The molecule has 0 fully saturated rings. The lowest BCUT2D eigenvalue weighted by Crippen LogP contribution is -1.97. The Morgan fingerprint density at radius 2 is 1.06 bits per heavy atom. The molecule has 152 valence electrons. The van der Waals surface area contributed by atoms with E-state index in [0.717, 1.165) is 55.3 Å². The monoisotopic (exact) mass is 402 g/mol. The second kappa shape index (κ2) is 8.89. The van der Waals surface area contributed by atoms with Gasteiger partial charge in [0, 0.05) is 21.9 Å². The summed E-state index contributed by atoms with van der Waals surface area (Å²) in [5.74, 6) is 1.67. The Morgan fingerprint density at radius 3 is 1.45 bits per heavy atom. The fraction of sp³-hybridized carbons (Fsp3) is 0.0667. The summed E-state index contributed by atoms with van der Waals surface area (Å²) >= 11 is 0. The van der Waals surface area contributed by atoms with Crippen LogP contribution in [0, 0.1) is 0 Å². The molecule has 0 amide bonds. The summed E-state index contributed by atoms with van der Waals surface area (Å²) in [6.07, 6.45) is 12.0. The molecule has 0 saturated heterocycles. The van der Waals surface area contributed by atoms with Gasteiger partial charge in [-0.25, -0.2) is 0 Å². The molecule has 0 spiro atoms. The Bertz CT molecular complexity index is 1250. The van der Waals surface area contributed by atoms with E-state index in [0.29, 0.717) is 0 Å². The lowest BCUT2D eigenvalue weighted by Gasteiger charge is -2.19. The molecule has 0 N–H and O–H groups in total. The third-order valence-corrected chi connectivity index (χ3v) is 5.45. The fourth-order valence-electron chi connectivity index (χ4n) is 4.04. The minimum Gasteiger partial charge on any atom is -0.455 e. The molecule has 0 radical (unpaired) electrons. The van der Waals surface area contributed by atoms with Crippen molar-refractivity contribution in [2.24, 2.45) is 0 Å². The molecule has 4 rings (SSSR count). The van der Waals surface area contributed by atoms with E-state index >= 15 is 0 Å². The average molecular weight is 403 g/mol. The Morgan fingerprint density at radius 1 is 0.645 bits per heavy atom. The van der Waals surface area contributed by atoms with Crippen molar-refractivity contribution >= 4 is 45.8 Å². The third-order valence-electron chi connectivity index (χ3n) is 5.45. The van der Waals surface area contributed by atoms with E-state index in [1.165, 1.54) is 0 Å². The lowest BCUT2D eigenvalue weighted by molar-refractivity contribution is 0.491. The Labute approximate surface area is 184 Å². The van der Waals surface area contributed by atoms with Gasteiger partial charge < -0.3 is 4.74 Å². The molecule has 0 heterocycles. The molecular weight excluding hydrogens is 376 g/mol. The molecule has 0 aliphatic heterocycles. The first-order valence-corrected chi connectivity index (χ1v) is 10.5. The van der Waals surface area contributed by atoms with Crippen molar-refractivity contribution < 1.29 is 4.74 Å². The van der Waals surface area contributed by atoms with Gasteiger partial charge >= 0.3 is 0 Å². The average Bonchev–Trinajstić information content (AvgIpc) is 2.81. The molecule has 0 bridgehead atoms. The number of rotatable bonds is 6. The van der Waals surface area contributed by atoms with E-state index in [4.69, 9.17) is 4.74 Å². The van der Waals surface area contributed by atoms with Gasteiger partial charge in [0.1, 0.15) is 11.5 Å². The summed E-state index contributed by atoms with van der Waals surface area (Å²) in [6, 6.07) is 21.0. The number of fused-ring (bicyclic) bond motifs is 2. The first-order valence-electron chi connectivity index (χ1n) is 10.5. The largest absolute Gasteiger partial charge is 0.455 e. The van der Waals surface area contributed by atoms with Crippen LogP contribution in [0.15, 0.2) is 86.0 Å². The minimum atomic E-state index is 0.836. The van der Waals surface area contributed by atoms with Gasteiger partial charge in [0.25, 0.3) is 0 Å². The molecule has 0 aliphatic carbocycles. The Hall–Kier alpha value is -3.84. The fourth-order valence-corrected chi connectivity index (χ4v) is 4.04. The van der Waals surface area contributed by atoms with E-state index in [1.807, 2.05) is 62.4 Å². The predicted molar refractivity (Wildman–Crippen MR) is 138 cm³/mol. The van der Waals surface area contributed by atoms with E-state index in [2.05, 4.69) is 61.7 Å². The van der Waals surface area contributed by atoms with E-state index < -0.39 is 0 Å². The van der Waals surface area contributed by atoms with Gasteiger partial charge in [-0.3, -0.25) is 0 Å². The maximum absolute atomic E-state index is 6.86. The van der Waals surface area contributed by atoms with Crippen LogP contribution in [0.25, 0.3) is 45.8 Å². The van der Waals surface area contributed by atoms with Crippen molar-refractivity contribution in [3.63, 3.8) is 0 Å². The zero-order chi connectivity index (χ0) is 21.8. The number of benzene rings is 4. The van der Waals surface area contributed by atoms with Crippen LogP contribution in [0.2, 0.25) is 0 Å². The molecular formula is C30H26O. The number of allylic oxidation sites excluding steroid dienone is 2. The number of ether oxygens (including phenoxy) is 1. The maximum atomic E-state index is 6.86. The van der Waals surface area contributed by atoms with Crippen LogP contribution in [-0.4, -0.2) is 0 Å². The second-order valence-corrected chi connectivity index (χ2v) is 7.37. The first kappa shape index (κ1) is 20.4. The van der Waals surface area contributed by atoms with E-state index in [-0.39, 0.29) is 0 Å². The summed E-state index contributed by atoms with van der Waals surface area (Å²) in [5, 5.41) is 4.39. The molecule has 1 nitrogen and oxygen atoms in total. The highest BCUT2D eigenvalue weighted by Gasteiger charge is 2.17. The van der Waals surface area contributed by atoms with Gasteiger partial charge in [-0.2, -0.15) is 0 Å². The molecule has 0 aromatic heterocycles. The van der Waals surface area contributed by atoms with Crippen molar-refractivity contribution in [2.45, 2.75) is 13.8 Å². The third kappa shape index (κ3) is 3.71. The summed E-state index contributed by atoms with van der Waals surface area (Å²) in [6.45, 7) is 12.1. The smallest absolute Gasteiger partial charge is 0.143 e. The highest BCUT2D eigenvalue weighted by Crippen LogP contribution is 2.42. The van der Waals surface area contributed by atoms with Crippen molar-refractivity contribution in [3.05, 3.63) is 108 Å². The van der Waals surface area contributed by atoms with E-state index in [1.54, 1.807) is 0 Å². The SMILES string of the molecule is C=Cc1cc2ccccc2c(Oc2c(/C=C\C)c(C=C)cc3ccccc23)c1/C=C\C. The van der Waals surface area contributed by atoms with Gasteiger partial charge in [0.05, 0.1) is 0 Å². The zero-order valence-corrected chi connectivity index (χ0v) is 18.1. The first-order chi connectivity index (χ1) is 15.2. The summed E-state index contributed by atoms with van der Waals surface area (Å²) < 4.78 is 6.86. The van der Waals surface area contributed by atoms with Crippen LogP contribution in [0.1, 0.15) is 36.1 Å². The van der Waals surface area contributed by atoms with Gasteiger partial charge in [0.2, 0.25) is 0 Å². The quantitative estimate of drug-likeness (QED) is 0.312. The second-order valence-electron chi connectivity index (χ2n) is 7.37. The van der Waals surface area contributed by atoms with Gasteiger partial charge in [-0.15, -0.1) is 0 Å². The Balaban J connectivity index is 2.11. The number of hydrogen-bond acceptors (Lipinski definition) is 1. The van der Waals surface area contributed by atoms with Crippen LogP contribution >= 0.6 is 0 Å². The van der Waals surface area contributed by atoms with Crippen LogP contribution < -0.4 is 4.74 Å². The summed E-state index contributed by atoms with van der Waals surface area (Å²) in [4.78, 5) is 0. The molecule has 1 heteroatoms. The predicted octanol–water partition coefficient (Wildman–Crippen LogP) is 9.14. The Kier molecular flexibility index (Phi) is 5.86. The standard InChI is InChI=1S/C30H26O/c1-5-13-25-21(7-3)19-23-15-9-11-17-27(23)29(25)31-30-26(14-6-2)22(8-4)20-24-16-10-12-18-28(24)30/h5-20H,3-4H2,1-2H3/b13-5-,14-6-. The van der Waals surface area contributed by atoms with Crippen molar-refractivity contribution in [1.82, 2.24) is 0 Å². The van der Waals surface area contributed by atoms with Crippen LogP contribution in [0.4, 0.5) is 0 Å². The van der Waals surface area contributed by atoms with Crippen molar-refractivity contribution in [3.8, 4) is 11.5 Å². The molecule has 4 aromatic carbocycles. The highest BCUT2D eigenvalue weighted by molar-refractivity contribution is 5.98. The zero-order valence-electron chi connectivity index (χ0n) is 18.1. The molecule has 0 atom stereocenters. The minimum absolute atomic E-state index is 0.836. The van der Waals surface area contributed by atoms with Crippen LogP contribution in [0.3, 0.4) is 0 Å². The van der Waals surface area contributed by atoms with Gasteiger partial charge in [-0.05, 0) is 47.9 Å². The topological polar surface area (TPSA) is 9.23 Å². The maximum Gasteiger partial charge on any atom is 0.143 e. The number of hydrogen-bond donors (Lipinski definition) is 0. The van der Waals surface area contributed by atoms with Crippen molar-refractivity contribution in [1.29, 1.82) is 0 Å². The normalized spacial score (nSPS) is 11.5. The summed E-state index contributed by atoms with van der Waals surface area (Å²) in [7, 11) is 0. The van der Waals surface area contributed by atoms with Gasteiger partial charge in [0.15, 0.2) is 0 Å². The molecule has 0 unspecified atom stereocenters. The van der Waals surface area contributed by atoms with Crippen LogP contribution in [-0.2, 0) is 0 Å². The van der Waals surface area contributed by atoms with E-state index in [9.17, 15) is 0 Å². The van der Waals surface area contributed by atoms with Crippen molar-refractivity contribution in [2.75, 3.05) is 0 Å². The molecule has 4 aromatic rings. The molecule has 0 aliphatic rings. The van der Waals surface area contributed by atoms with Gasteiger partial charge in [-0.1, -0.05) is 98.1 Å². The lowest BCUT2D eigenvalue weighted by atomic mass is 9.97.